The van der Waals surface area contributed by atoms with Crippen LogP contribution in [0, 0.1) is 13.8 Å². The van der Waals surface area contributed by atoms with Crippen LogP contribution in [0.1, 0.15) is 29.5 Å². The van der Waals surface area contributed by atoms with Crippen LogP contribution in [-0.4, -0.2) is 33.5 Å². The van der Waals surface area contributed by atoms with Crippen LogP contribution in [-0.2, 0) is 0 Å². The van der Waals surface area contributed by atoms with Gasteiger partial charge in [-0.05, 0) is 49.9 Å². The predicted molar refractivity (Wildman–Crippen MR) is 104 cm³/mol. The lowest BCUT2D eigenvalue weighted by molar-refractivity contribution is 0.402. The lowest BCUT2D eigenvalue weighted by Gasteiger charge is -2.22. The zero-order valence-electron chi connectivity index (χ0n) is 15.5. The maximum atomic E-state index is 5.63. The molecule has 2 aromatic rings. The number of anilines is 1. The van der Waals surface area contributed by atoms with E-state index in [-0.39, 0.29) is 0 Å². The van der Waals surface area contributed by atoms with Gasteiger partial charge in [-0.1, -0.05) is 12.1 Å². The Bertz CT molecular complexity index is 778. The van der Waals surface area contributed by atoms with Crippen molar-refractivity contribution in [2.75, 3.05) is 32.2 Å². The molecule has 4 heteroatoms. The molecule has 0 aromatic heterocycles. The van der Waals surface area contributed by atoms with Crippen LogP contribution in [0.4, 0.5) is 11.4 Å². The molecule has 0 aliphatic carbocycles. The van der Waals surface area contributed by atoms with Crippen LogP contribution in [0.15, 0.2) is 35.3 Å². The Morgan fingerprint density at radius 3 is 2.36 bits per heavy atom. The number of rotatable bonds is 5. The molecule has 1 fully saturated rings. The maximum absolute atomic E-state index is 5.63. The molecule has 132 valence electrons. The Labute approximate surface area is 150 Å². The number of benzene rings is 2. The fourth-order valence-corrected chi connectivity index (χ4v) is 3.21. The Morgan fingerprint density at radius 1 is 0.960 bits per heavy atom. The van der Waals surface area contributed by atoms with Gasteiger partial charge in [0.1, 0.15) is 11.5 Å². The summed E-state index contributed by atoms with van der Waals surface area (Å²) in [7, 11) is 3.41. The Balaban J connectivity index is 1.97. The number of methoxy groups -OCH3 is 2. The molecule has 0 N–H and O–H groups in total. The number of nitrogens with zero attached hydrogens (tertiary/aromatic N) is 2. The summed E-state index contributed by atoms with van der Waals surface area (Å²) in [6, 6.07) is 10.4. The lowest BCUT2D eigenvalue weighted by Crippen LogP contribution is -2.18. The fraction of sp³-hybridized carbons (Fsp3) is 0.381. The number of aliphatic imine (C=N–C) groups is 1. The zero-order chi connectivity index (χ0) is 17.8. The molecule has 1 heterocycles. The standard InChI is InChI=1S/C21H26N2O2/c1-15-7-8-16(2)18(11-15)22-14-17-12-21(25-4)19(13-20(17)24-3)23-9-5-6-10-23/h7-8,11-14H,5-6,9-10H2,1-4H3. The third-order valence-corrected chi connectivity index (χ3v) is 4.69. The molecule has 1 aliphatic rings. The summed E-state index contributed by atoms with van der Waals surface area (Å²) in [5.74, 6) is 1.68. The Morgan fingerprint density at radius 2 is 1.68 bits per heavy atom. The van der Waals surface area contributed by atoms with Gasteiger partial charge in [0.05, 0.1) is 25.6 Å². The highest BCUT2D eigenvalue weighted by Crippen LogP contribution is 2.36. The largest absolute Gasteiger partial charge is 0.496 e. The first kappa shape index (κ1) is 17.3. The van der Waals surface area contributed by atoms with E-state index in [1.165, 1.54) is 18.4 Å². The smallest absolute Gasteiger partial charge is 0.143 e. The minimum atomic E-state index is 0.816. The molecule has 3 rings (SSSR count). The zero-order valence-corrected chi connectivity index (χ0v) is 15.5. The molecule has 0 atom stereocenters. The fourth-order valence-electron chi connectivity index (χ4n) is 3.21. The van der Waals surface area contributed by atoms with Crippen LogP contribution in [0.5, 0.6) is 11.5 Å². The van der Waals surface area contributed by atoms with Crippen molar-refractivity contribution in [3.05, 3.63) is 47.0 Å². The molecule has 0 amide bonds. The van der Waals surface area contributed by atoms with Gasteiger partial charge in [0.25, 0.3) is 0 Å². The van der Waals surface area contributed by atoms with Crippen molar-refractivity contribution in [1.29, 1.82) is 0 Å². The Hall–Kier alpha value is -2.49. The van der Waals surface area contributed by atoms with Crippen LogP contribution >= 0.6 is 0 Å². The monoisotopic (exact) mass is 338 g/mol. The van der Waals surface area contributed by atoms with E-state index in [9.17, 15) is 0 Å². The highest BCUT2D eigenvalue weighted by atomic mass is 16.5. The van der Waals surface area contributed by atoms with Gasteiger partial charge in [-0.3, -0.25) is 4.99 Å². The van der Waals surface area contributed by atoms with Gasteiger partial charge in [-0.25, -0.2) is 0 Å². The average molecular weight is 338 g/mol. The van der Waals surface area contributed by atoms with Gasteiger partial charge >= 0.3 is 0 Å². The average Bonchev–Trinajstić information content (AvgIpc) is 3.16. The summed E-state index contributed by atoms with van der Waals surface area (Å²) in [5.41, 5.74) is 5.35. The van der Waals surface area contributed by atoms with Crippen LogP contribution in [0.25, 0.3) is 0 Å². The van der Waals surface area contributed by atoms with Gasteiger partial charge in [0.15, 0.2) is 0 Å². The first-order valence-corrected chi connectivity index (χ1v) is 8.74. The quantitative estimate of drug-likeness (QED) is 0.743. The van der Waals surface area contributed by atoms with Crippen molar-refractivity contribution in [3.63, 3.8) is 0 Å². The minimum absolute atomic E-state index is 0.816. The Kier molecular flexibility index (Phi) is 5.27. The number of hydrogen-bond donors (Lipinski definition) is 0. The second kappa shape index (κ2) is 7.60. The molecule has 0 bridgehead atoms. The number of hydrogen-bond acceptors (Lipinski definition) is 4. The second-order valence-corrected chi connectivity index (χ2v) is 6.51. The summed E-state index contributed by atoms with van der Waals surface area (Å²) in [6.07, 6.45) is 4.31. The second-order valence-electron chi connectivity index (χ2n) is 6.51. The lowest BCUT2D eigenvalue weighted by atomic mass is 10.1. The summed E-state index contributed by atoms with van der Waals surface area (Å²) in [5, 5.41) is 0. The summed E-state index contributed by atoms with van der Waals surface area (Å²) >= 11 is 0. The molecule has 0 unspecified atom stereocenters. The van der Waals surface area contributed by atoms with Crippen molar-refractivity contribution < 1.29 is 9.47 Å². The summed E-state index contributed by atoms with van der Waals surface area (Å²) in [4.78, 5) is 7.03. The topological polar surface area (TPSA) is 34.1 Å². The van der Waals surface area contributed by atoms with Gasteiger partial charge < -0.3 is 14.4 Å². The van der Waals surface area contributed by atoms with E-state index in [1.54, 1.807) is 14.2 Å². The van der Waals surface area contributed by atoms with Crippen molar-refractivity contribution in [1.82, 2.24) is 0 Å². The molecular weight excluding hydrogens is 312 g/mol. The summed E-state index contributed by atoms with van der Waals surface area (Å²) < 4.78 is 11.2. The highest BCUT2D eigenvalue weighted by molar-refractivity contribution is 5.88. The van der Waals surface area contributed by atoms with Gasteiger partial charge in [-0.15, -0.1) is 0 Å². The van der Waals surface area contributed by atoms with Gasteiger partial charge in [-0.2, -0.15) is 0 Å². The number of ether oxygens (including phenoxy) is 2. The van der Waals surface area contributed by atoms with E-state index in [0.29, 0.717) is 0 Å². The third-order valence-electron chi connectivity index (χ3n) is 4.69. The molecule has 1 aliphatic heterocycles. The molecule has 25 heavy (non-hydrogen) atoms. The van der Waals surface area contributed by atoms with E-state index >= 15 is 0 Å². The molecular formula is C21H26N2O2. The van der Waals surface area contributed by atoms with E-state index < -0.39 is 0 Å². The normalized spacial score (nSPS) is 14.3. The van der Waals surface area contributed by atoms with Crippen LogP contribution in [0.2, 0.25) is 0 Å². The van der Waals surface area contributed by atoms with Crippen molar-refractivity contribution in [3.8, 4) is 11.5 Å². The first-order valence-electron chi connectivity index (χ1n) is 8.74. The van der Waals surface area contributed by atoms with E-state index in [4.69, 9.17) is 9.47 Å². The summed E-state index contributed by atoms with van der Waals surface area (Å²) in [6.45, 7) is 6.28. The van der Waals surface area contributed by atoms with Crippen molar-refractivity contribution >= 4 is 17.6 Å². The molecule has 4 nitrogen and oxygen atoms in total. The van der Waals surface area contributed by atoms with Gasteiger partial charge in [0.2, 0.25) is 0 Å². The van der Waals surface area contributed by atoms with Crippen molar-refractivity contribution in [2.24, 2.45) is 4.99 Å². The molecule has 2 aromatic carbocycles. The molecule has 0 spiro atoms. The van der Waals surface area contributed by atoms with E-state index in [2.05, 4.69) is 48.0 Å². The van der Waals surface area contributed by atoms with Gasteiger partial charge in [0, 0.05) is 30.9 Å². The van der Waals surface area contributed by atoms with E-state index in [0.717, 1.165) is 47.1 Å². The van der Waals surface area contributed by atoms with Crippen LogP contribution in [0.3, 0.4) is 0 Å². The van der Waals surface area contributed by atoms with Crippen LogP contribution < -0.4 is 14.4 Å². The van der Waals surface area contributed by atoms with E-state index in [1.807, 2.05) is 12.3 Å². The molecule has 0 saturated carbocycles. The third kappa shape index (κ3) is 3.78. The number of aryl methyl sites for hydroxylation is 2. The molecule has 1 saturated heterocycles. The highest BCUT2D eigenvalue weighted by Gasteiger charge is 2.19. The molecule has 0 radical (unpaired) electrons. The van der Waals surface area contributed by atoms with Crippen molar-refractivity contribution in [2.45, 2.75) is 26.7 Å². The minimum Gasteiger partial charge on any atom is -0.496 e. The maximum Gasteiger partial charge on any atom is 0.143 e. The predicted octanol–water partition coefficient (Wildman–Crippen LogP) is 4.67. The SMILES string of the molecule is COc1cc(N2CCCC2)c(OC)cc1C=Nc1cc(C)ccc1C. The first-order chi connectivity index (χ1) is 12.1.